The standard InChI is InChI=1S/C6H14N.Pt/c1-5(2)7-6(3)4;/h5-6H,1-4H3;/q-1;. The summed E-state index contributed by atoms with van der Waals surface area (Å²) in [5.74, 6) is 0. The third kappa shape index (κ3) is 9.82. The van der Waals surface area contributed by atoms with Crippen LogP contribution in [0.4, 0.5) is 0 Å². The number of hydrogen-bond acceptors (Lipinski definition) is 0. The molecule has 0 aliphatic heterocycles. The SMILES string of the molecule is CC(C)[N-]C(C)C.[Pt]. The Balaban J connectivity index is 0. The van der Waals surface area contributed by atoms with Crippen LogP contribution in [0.25, 0.3) is 5.32 Å². The third-order valence-corrected chi connectivity index (χ3v) is 0.596. The van der Waals surface area contributed by atoms with Crippen LogP contribution in [0.5, 0.6) is 0 Å². The summed E-state index contributed by atoms with van der Waals surface area (Å²) in [6.07, 6.45) is 0. The van der Waals surface area contributed by atoms with Gasteiger partial charge in [-0.1, -0.05) is 27.7 Å². The fourth-order valence-electron chi connectivity index (χ4n) is 0.596. The molecule has 1 nitrogen and oxygen atoms in total. The van der Waals surface area contributed by atoms with E-state index in [1.807, 2.05) is 0 Å². The normalized spacial score (nSPS) is 9.75. The van der Waals surface area contributed by atoms with Crippen LogP contribution in [0.1, 0.15) is 27.7 Å². The Morgan fingerprint density at radius 1 is 0.875 bits per heavy atom. The smallest absolute Gasteiger partial charge is 0 e. The molecule has 2 heteroatoms. The summed E-state index contributed by atoms with van der Waals surface area (Å²) in [6.45, 7) is 8.39. The molecule has 0 aromatic heterocycles. The molecule has 0 N–H and O–H groups in total. The summed E-state index contributed by atoms with van der Waals surface area (Å²) in [7, 11) is 0. The van der Waals surface area contributed by atoms with E-state index in [-0.39, 0.29) is 21.1 Å². The Morgan fingerprint density at radius 2 is 1.12 bits per heavy atom. The number of rotatable bonds is 2. The molecule has 0 aliphatic rings. The summed E-state index contributed by atoms with van der Waals surface area (Å²) in [5, 5.41) is 4.28. The second kappa shape index (κ2) is 5.78. The van der Waals surface area contributed by atoms with Crippen LogP contribution in [0.15, 0.2) is 0 Å². The molecule has 0 aromatic carbocycles. The van der Waals surface area contributed by atoms with Crippen LogP contribution in [-0.2, 0) is 21.1 Å². The van der Waals surface area contributed by atoms with Gasteiger partial charge in [-0.25, -0.2) is 0 Å². The van der Waals surface area contributed by atoms with Crippen LogP contribution >= 0.6 is 0 Å². The van der Waals surface area contributed by atoms with Gasteiger partial charge in [0.05, 0.1) is 0 Å². The molecular weight excluding hydrogens is 281 g/mol. The van der Waals surface area contributed by atoms with Crippen LogP contribution in [0, 0.1) is 0 Å². The summed E-state index contributed by atoms with van der Waals surface area (Å²) in [5.41, 5.74) is 0. The van der Waals surface area contributed by atoms with Gasteiger partial charge in [-0.3, -0.25) is 0 Å². The quantitative estimate of drug-likeness (QED) is 0.741. The molecule has 0 aromatic rings. The van der Waals surface area contributed by atoms with Crippen LogP contribution in [-0.4, -0.2) is 12.1 Å². The summed E-state index contributed by atoms with van der Waals surface area (Å²) in [6, 6.07) is 1.000. The van der Waals surface area contributed by atoms with Crippen molar-refractivity contribution in [3.05, 3.63) is 5.32 Å². The molecule has 0 amide bonds. The van der Waals surface area contributed by atoms with E-state index in [4.69, 9.17) is 0 Å². The van der Waals surface area contributed by atoms with Gasteiger partial charge in [0.25, 0.3) is 0 Å². The first-order valence-corrected chi connectivity index (χ1v) is 2.83. The maximum atomic E-state index is 4.28. The fourth-order valence-corrected chi connectivity index (χ4v) is 0.596. The zero-order valence-electron chi connectivity index (χ0n) is 5.92. The summed E-state index contributed by atoms with van der Waals surface area (Å²) >= 11 is 0. The van der Waals surface area contributed by atoms with Crippen molar-refractivity contribution >= 4 is 0 Å². The van der Waals surface area contributed by atoms with Crippen molar-refractivity contribution in [3.8, 4) is 0 Å². The first kappa shape index (κ1) is 11.4. The zero-order valence-corrected chi connectivity index (χ0v) is 8.19. The predicted octanol–water partition coefficient (Wildman–Crippen LogP) is 2.17. The van der Waals surface area contributed by atoms with E-state index in [9.17, 15) is 0 Å². The maximum Gasteiger partial charge on any atom is 0 e. The Morgan fingerprint density at radius 3 is 1.12 bits per heavy atom. The first-order chi connectivity index (χ1) is 3.13. The van der Waals surface area contributed by atoms with E-state index in [1.165, 1.54) is 0 Å². The second-order valence-corrected chi connectivity index (χ2v) is 2.34. The van der Waals surface area contributed by atoms with Crippen molar-refractivity contribution in [2.75, 3.05) is 0 Å². The number of nitrogens with zero attached hydrogens (tertiary/aromatic N) is 1. The maximum absolute atomic E-state index is 4.28. The van der Waals surface area contributed by atoms with Gasteiger partial charge >= 0.3 is 0 Å². The van der Waals surface area contributed by atoms with Gasteiger partial charge in [0, 0.05) is 21.1 Å². The predicted molar refractivity (Wildman–Crippen MR) is 33.6 cm³/mol. The van der Waals surface area contributed by atoms with Crippen molar-refractivity contribution in [1.82, 2.24) is 0 Å². The molecule has 0 saturated carbocycles. The van der Waals surface area contributed by atoms with Crippen LogP contribution in [0.2, 0.25) is 0 Å². The topological polar surface area (TPSA) is 14.1 Å². The van der Waals surface area contributed by atoms with Gasteiger partial charge in [0.15, 0.2) is 0 Å². The van der Waals surface area contributed by atoms with Crippen molar-refractivity contribution in [2.24, 2.45) is 0 Å². The zero-order chi connectivity index (χ0) is 5.86. The fraction of sp³-hybridized carbons (Fsp3) is 1.00. The largest absolute Gasteiger partial charge is 0.658 e. The molecule has 0 fully saturated rings. The molecule has 0 aliphatic carbocycles. The molecule has 0 bridgehead atoms. The van der Waals surface area contributed by atoms with Crippen molar-refractivity contribution < 1.29 is 21.1 Å². The minimum Gasteiger partial charge on any atom is -0.658 e. The molecule has 0 saturated heterocycles. The summed E-state index contributed by atoms with van der Waals surface area (Å²) in [4.78, 5) is 0. The van der Waals surface area contributed by atoms with Crippen molar-refractivity contribution in [2.45, 2.75) is 39.8 Å². The molecule has 0 rings (SSSR count). The molecule has 0 atom stereocenters. The van der Waals surface area contributed by atoms with Gasteiger partial charge < -0.3 is 5.32 Å². The first-order valence-electron chi connectivity index (χ1n) is 2.83. The average molecular weight is 295 g/mol. The minimum absolute atomic E-state index is 0. The Hall–Kier alpha value is 0.648. The van der Waals surface area contributed by atoms with E-state index >= 15 is 0 Å². The monoisotopic (exact) mass is 295 g/mol. The van der Waals surface area contributed by atoms with Crippen molar-refractivity contribution in [3.63, 3.8) is 0 Å². The van der Waals surface area contributed by atoms with E-state index in [2.05, 4.69) is 33.0 Å². The Bertz CT molecular complexity index is 37.8. The molecular formula is C6H14NPt-. The van der Waals surface area contributed by atoms with Crippen LogP contribution in [0.3, 0.4) is 0 Å². The average Bonchev–Trinajstić information content (AvgIpc) is 1.27. The van der Waals surface area contributed by atoms with E-state index in [0.717, 1.165) is 0 Å². The molecule has 0 heterocycles. The third-order valence-electron chi connectivity index (χ3n) is 0.596. The van der Waals surface area contributed by atoms with Gasteiger partial charge in [0.1, 0.15) is 0 Å². The van der Waals surface area contributed by atoms with Gasteiger partial charge in [-0.05, 0) is 0 Å². The molecule has 0 unspecified atom stereocenters. The Kier molecular flexibility index (Phi) is 8.27. The number of hydrogen-bond donors (Lipinski definition) is 0. The van der Waals surface area contributed by atoms with E-state index < -0.39 is 0 Å². The second-order valence-electron chi connectivity index (χ2n) is 2.34. The Labute approximate surface area is 66.5 Å². The molecule has 54 valence electrons. The van der Waals surface area contributed by atoms with Crippen LogP contribution < -0.4 is 0 Å². The molecule has 0 radical (unpaired) electrons. The van der Waals surface area contributed by atoms with Gasteiger partial charge in [0.2, 0.25) is 0 Å². The van der Waals surface area contributed by atoms with E-state index in [1.54, 1.807) is 0 Å². The van der Waals surface area contributed by atoms with E-state index in [0.29, 0.717) is 12.1 Å². The van der Waals surface area contributed by atoms with Crippen molar-refractivity contribution in [1.29, 1.82) is 0 Å². The summed E-state index contributed by atoms with van der Waals surface area (Å²) < 4.78 is 0. The molecule has 0 spiro atoms. The molecule has 8 heavy (non-hydrogen) atoms. The van der Waals surface area contributed by atoms with Gasteiger partial charge in [-0.15, -0.1) is 12.1 Å². The minimum atomic E-state index is 0. The van der Waals surface area contributed by atoms with Gasteiger partial charge in [-0.2, -0.15) is 0 Å².